The summed E-state index contributed by atoms with van der Waals surface area (Å²) >= 11 is 0. The average Bonchev–Trinajstić information content (AvgIpc) is 2.28. The van der Waals surface area contributed by atoms with Crippen molar-refractivity contribution < 1.29 is 19.4 Å². The third-order valence-electron chi connectivity index (χ3n) is 2.83. The van der Waals surface area contributed by atoms with Crippen LogP contribution in [-0.2, 0) is 4.74 Å². The van der Waals surface area contributed by atoms with Crippen molar-refractivity contribution in [2.24, 2.45) is 0 Å². The van der Waals surface area contributed by atoms with Crippen molar-refractivity contribution in [1.29, 1.82) is 0 Å². The number of hydrogen-bond donors (Lipinski definition) is 1. The van der Waals surface area contributed by atoms with Gasteiger partial charge in [-0.1, -0.05) is 0 Å². The van der Waals surface area contributed by atoms with Crippen LogP contribution >= 0.6 is 0 Å². The van der Waals surface area contributed by atoms with Crippen LogP contribution in [0, 0.1) is 6.92 Å². The zero-order valence-corrected chi connectivity index (χ0v) is 11.2. The normalized spacial score (nSPS) is 11.3. The molecule has 0 aliphatic carbocycles. The SMILES string of the molecule is COC(C)(C)CCOc1nccc(C)c1C(=O)O. The van der Waals surface area contributed by atoms with Crippen LogP contribution in [0.4, 0.5) is 0 Å². The van der Waals surface area contributed by atoms with Gasteiger partial charge in [0.1, 0.15) is 5.56 Å². The first-order chi connectivity index (χ1) is 8.37. The lowest BCUT2D eigenvalue weighted by atomic mass is 10.1. The number of aryl methyl sites for hydroxylation is 1. The Hall–Kier alpha value is -1.62. The Labute approximate surface area is 107 Å². The average molecular weight is 253 g/mol. The van der Waals surface area contributed by atoms with Crippen molar-refractivity contribution >= 4 is 5.97 Å². The van der Waals surface area contributed by atoms with Gasteiger partial charge in [0.25, 0.3) is 0 Å². The Kier molecular flexibility index (Phi) is 4.67. The van der Waals surface area contributed by atoms with Crippen LogP contribution in [-0.4, -0.2) is 35.4 Å². The van der Waals surface area contributed by atoms with Gasteiger partial charge in [-0.3, -0.25) is 0 Å². The van der Waals surface area contributed by atoms with E-state index in [1.165, 1.54) is 0 Å². The van der Waals surface area contributed by atoms with E-state index in [2.05, 4.69) is 4.98 Å². The third-order valence-corrected chi connectivity index (χ3v) is 2.83. The minimum Gasteiger partial charge on any atom is -0.477 e. The maximum atomic E-state index is 11.1. The van der Waals surface area contributed by atoms with Gasteiger partial charge in [-0.15, -0.1) is 0 Å². The second kappa shape index (κ2) is 5.82. The summed E-state index contributed by atoms with van der Waals surface area (Å²) in [6, 6.07) is 1.65. The molecule has 1 rings (SSSR count). The molecule has 1 heterocycles. The fourth-order valence-corrected chi connectivity index (χ4v) is 1.40. The number of carbonyl (C=O) groups is 1. The minimum absolute atomic E-state index is 0.118. The molecule has 0 saturated heterocycles. The van der Waals surface area contributed by atoms with Crippen LogP contribution in [0.3, 0.4) is 0 Å². The molecule has 1 aromatic heterocycles. The molecule has 100 valence electrons. The van der Waals surface area contributed by atoms with Crippen molar-refractivity contribution in [3.63, 3.8) is 0 Å². The first kappa shape index (κ1) is 14.4. The highest BCUT2D eigenvalue weighted by Crippen LogP contribution is 2.20. The molecule has 0 aromatic carbocycles. The number of methoxy groups -OCH3 is 1. The molecule has 5 nitrogen and oxygen atoms in total. The molecular weight excluding hydrogens is 234 g/mol. The van der Waals surface area contributed by atoms with Gasteiger partial charge in [-0.2, -0.15) is 0 Å². The summed E-state index contributed by atoms with van der Waals surface area (Å²) in [7, 11) is 1.63. The number of carboxylic acids is 1. The second-order valence-corrected chi connectivity index (χ2v) is 4.68. The summed E-state index contributed by atoms with van der Waals surface area (Å²) < 4.78 is 10.7. The molecule has 0 aliphatic rings. The second-order valence-electron chi connectivity index (χ2n) is 4.68. The highest BCUT2D eigenvalue weighted by molar-refractivity contribution is 5.91. The molecule has 1 N–H and O–H groups in total. The Morgan fingerprint density at radius 2 is 2.17 bits per heavy atom. The third kappa shape index (κ3) is 3.70. The fourth-order valence-electron chi connectivity index (χ4n) is 1.40. The first-order valence-corrected chi connectivity index (χ1v) is 5.74. The maximum Gasteiger partial charge on any atom is 0.341 e. The molecule has 0 fully saturated rings. The van der Waals surface area contributed by atoms with Crippen LogP contribution in [0.2, 0.25) is 0 Å². The standard InChI is InChI=1S/C13H19NO4/c1-9-5-7-14-11(10(9)12(15)16)18-8-6-13(2,3)17-4/h5,7H,6,8H2,1-4H3,(H,15,16). The zero-order valence-electron chi connectivity index (χ0n) is 11.2. The Morgan fingerprint density at radius 1 is 1.50 bits per heavy atom. The van der Waals surface area contributed by atoms with Crippen molar-refractivity contribution in [1.82, 2.24) is 4.98 Å². The van der Waals surface area contributed by atoms with E-state index < -0.39 is 5.97 Å². The first-order valence-electron chi connectivity index (χ1n) is 5.74. The van der Waals surface area contributed by atoms with E-state index in [4.69, 9.17) is 14.6 Å². The summed E-state index contributed by atoms with van der Waals surface area (Å²) in [5.41, 5.74) is 0.457. The van der Waals surface area contributed by atoms with E-state index in [1.54, 1.807) is 26.3 Å². The molecule has 0 radical (unpaired) electrons. The van der Waals surface area contributed by atoms with E-state index in [0.717, 1.165) is 0 Å². The summed E-state index contributed by atoms with van der Waals surface area (Å²) in [5, 5.41) is 9.11. The van der Waals surface area contributed by atoms with E-state index in [1.807, 2.05) is 13.8 Å². The predicted octanol–water partition coefficient (Wildman–Crippen LogP) is 2.28. The topological polar surface area (TPSA) is 68.7 Å². The van der Waals surface area contributed by atoms with Gasteiger partial charge in [-0.05, 0) is 32.4 Å². The molecule has 0 atom stereocenters. The number of aromatic nitrogens is 1. The number of nitrogens with zero attached hydrogens (tertiary/aromatic N) is 1. The Bertz CT molecular complexity index is 429. The summed E-state index contributed by atoms with van der Waals surface area (Å²) in [4.78, 5) is 15.1. The van der Waals surface area contributed by atoms with Crippen molar-refractivity contribution in [2.45, 2.75) is 32.8 Å². The number of hydrogen-bond acceptors (Lipinski definition) is 4. The van der Waals surface area contributed by atoms with E-state index in [9.17, 15) is 4.79 Å². The monoisotopic (exact) mass is 253 g/mol. The van der Waals surface area contributed by atoms with Gasteiger partial charge in [-0.25, -0.2) is 9.78 Å². The number of pyridine rings is 1. The lowest BCUT2D eigenvalue weighted by Gasteiger charge is -2.22. The van der Waals surface area contributed by atoms with Crippen LogP contribution in [0.1, 0.15) is 36.2 Å². The van der Waals surface area contributed by atoms with Gasteiger partial charge in [0.05, 0.1) is 12.2 Å². The highest BCUT2D eigenvalue weighted by Gasteiger charge is 2.19. The molecule has 0 aliphatic heterocycles. The molecule has 1 aromatic rings. The number of carboxylic acid groups (broad SMARTS) is 1. The zero-order chi connectivity index (χ0) is 13.8. The quantitative estimate of drug-likeness (QED) is 0.842. The van der Waals surface area contributed by atoms with Crippen molar-refractivity contribution in [3.05, 3.63) is 23.4 Å². The Morgan fingerprint density at radius 3 is 2.72 bits per heavy atom. The van der Waals surface area contributed by atoms with E-state index in [0.29, 0.717) is 18.6 Å². The largest absolute Gasteiger partial charge is 0.477 e. The van der Waals surface area contributed by atoms with Gasteiger partial charge in [0.2, 0.25) is 5.88 Å². The Balaban J connectivity index is 2.74. The molecule has 0 amide bonds. The number of rotatable bonds is 6. The summed E-state index contributed by atoms with van der Waals surface area (Å²) in [6.07, 6.45) is 2.19. The molecule has 0 bridgehead atoms. The van der Waals surface area contributed by atoms with Gasteiger partial charge in [0, 0.05) is 19.7 Å². The summed E-state index contributed by atoms with van der Waals surface area (Å²) in [5.74, 6) is -0.865. The van der Waals surface area contributed by atoms with E-state index >= 15 is 0 Å². The highest BCUT2D eigenvalue weighted by atomic mass is 16.5. The van der Waals surface area contributed by atoms with Crippen LogP contribution < -0.4 is 4.74 Å². The van der Waals surface area contributed by atoms with Gasteiger partial charge >= 0.3 is 5.97 Å². The molecule has 0 saturated carbocycles. The molecular formula is C13H19NO4. The lowest BCUT2D eigenvalue weighted by Crippen LogP contribution is -2.25. The molecule has 18 heavy (non-hydrogen) atoms. The van der Waals surface area contributed by atoms with Crippen LogP contribution in [0.5, 0.6) is 5.88 Å². The molecule has 0 unspecified atom stereocenters. The molecule has 0 spiro atoms. The number of aromatic carboxylic acids is 1. The maximum absolute atomic E-state index is 11.1. The summed E-state index contributed by atoms with van der Waals surface area (Å²) in [6.45, 7) is 5.96. The molecule has 5 heteroatoms. The van der Waals surface area contributed by atoms with Gasteiger partial charge < -0.3 is 14.6 Å². The van der Waals surface area contributed by atoms with Crippen molar-refractivity contribution in [3.8, 4) is 5.88 Å². The van der Waals surface area contributed by atoms with Gasteiger partial charge in [0.15, 0.2) is 0 Å². The van der Waals surface area contributed by atoms with Crippen molar-refractivity contribution in [2.75, 3.05) is 13.7 Å². The van der Waals surface area contributed by atoms with Crippen LogP contribution in [0.25, 0.3) is 0 Å². The number of ether oxygens (including phenoxy) is 2. The lowest BCUT2D eigenvalue weighted by molar-refractivity contribution is 0.00499. The fraction of sp³-hybridized carbons (Fsp3) is 0.538. The predicted molar refractivity (Wildman–Crippen MR) is 67.1 cm³/mol. The smallest absolute Gasteiger partial charge is 0.341 e. The van der Waals surface area contributed by atoms with Crippen LogP contribution in [0.15, 0.2) is 12.3 Å². The van der Waals surface area contributed by atoms with E-state index in [-0.39, 0.29) is 17.0 Å². The minimum atomic E-state index is -1.03.